The van der Waals surface area contributed by atoms with Crippen molar-refractivity contribution in [3.8, 4) is 5.88 Å². The molecule has 0 saturated heterocycles. The van der Waals surface area contributed by atoms with E-state index in [1.807, 2.05) is 0 Å². The molecule has 13 heavy (non-hydrogen) atoms. The molecule has 0 fully saturated rings. The molecular formula is C8H8F3NO. The number of rotatable bonds is 2. The summed E-state index contributed by atoms with van der Waals surface area (Å²) in [5.74, 6) is -1.17. The lowest BCUT2D eigenvalue weighted by molar-refractivity contribution is 0.144. The highest BCUT2D eigenvalue weighted by Crippen LogP contribution is 2.26. The molecule has 0 atom stereocenters. The first kappa shape index (κ1) is 9.83. The van der Waals surface area contributed by atoms with E-state index in [1.54, 1.807) is 0 Å². The Hall–Kier alpha value is -1.26. The van der Waals surface area contributed by atoms with Gasteiger partial charge >= 0.3 is 0 Å². The van der Waals surface area contributed by atoms with Gasteiger partial charge in [-0.25, -0.2) is 8.78 Å². The van der Waals surface area contributed by atoms with E-state index in [4.69, 9.17) is 0 Å². The molecule has 5 heteroatoms. The lowest BCUT2D eigenvalue weighted by atomic mass is 10.1. The number of nitrogens with zero attached hydrogens (tertiary/aromatic N) is 1. The van der Waals surface area contributed by atoms with Gasteiger partial charge < -0.3 is 4.74 Å². The summed E-state index contributed by atoms with van der Waals surface area (Å²) in [7, 11) is 1.29. The monoisotopic (exact) mass is 191 g/mol. The van der Waals surface area contributed by atoms with Gasteiger partial charge in [0.15, 0.2) is 0 Å². The molecule has 0 N–H and O–H groups in total. The summed E-state index contributed by atoms with van der Waals surface area (Å²) in [4.78, 5) is 3.20. The van der Waals surface area contributed by atoms with Gasteiger partial charge in [-0.2, -0.15) is 9.37 Å². The maximum Gasteiger partial charge on any atom is 0.268 e. The van der Waals surface area contributed by atoms with Crippen LogP contribution in [-0.2, 0) is 0 Å². The van der Waals surface area contributed by atoms with Gasteiger partial charge in [0.1, 0.15) is 0 Å². The van der Waals surface area contributed by atoms with Crippen LogP contribution in [0.1, 0.15) is 17.6 Å². The summed E-state index contributed by atoms with van der Waals surface area (Å²) >= 11 is 0. The molecule has 1 rings (SSSR count). The summed E-state index contributed by atoms with van der Waals surface area (Å²) in [6, 6.07) is 1.27. The van der Waals surface area contributed by atoms with E-state index in [0.717, 1.165) is 0 Å². The Morgan fingerprint density at radius 3 is 2.46 bits per heavy atom. The van der Waals surface area contributed by atoms with E-state index >= 15 is 0 Å². The second-order valence-corrected chi connectivity index (χ2v) is 2.49. The fraction of sp³-hybridized carbons (Fsp3) is 0.375. The largest absolute Gasteiger partial charge is 0.481 e. The number of pyridine rings is 1. The first-order valence-corrected chi connectivity index (χ1v) is 3.55. The molecule has 0 aliphatic heterocycles. The van der Waals surface area contributed by atoms with Gasteiger partial charge in [-0.05, 0) is 12.5 Å². The molecule has 72 valence electrons. The quantitative estimate of drug-likeness (QED) is 0.670. The average Bonchev–Trinajstić information content (AvgIpc) is 2.02. The Balaban J connectivity index is 3.23. The van der Waals surface area contributed by atoms with Gasteiger partial charge in [-0.15, -0.1) is 0 Å². The standard InChI is InChI=1S/C8H8F3NO/c1-4-3-5(13-2)12-8(11)6(4)7(9)10/h3,7H,1-2H3. The Morgan fingerprint density at radius 2 is 2.08 bits per heavy atom. The number of hydrogen-bond donors (Lipinski definition) is 0. The number of methoxy groups -OCH3 is 1. The van der Waals surface area contributed by atoms with Crippen LogP contribution in [0, 0.1) is 12.9 Å². The Kier molecular flexibility index (Phi) is 2.75. The van der Waals surface area contributed by atoms with E-state index in [9.17, 15) is 13.2 Å². The van der Waals surface area contributed by atoms with Gasteiger partial charge in [0.2, 0.25) is 11.8 Å². The smallest absolute Gasteiger partial charge is 0.268 e. The maximum absolute atomic E-state index is 12.9. The van der Waals surface area contributed by atoms with Crippen LogP contribution in [-0.4, -0.2) is 12.1 Å². The van der Waals surface area contributed by atoms with Crippen molar-refractivity contribution < 1.29 is 17.9 Å². The van der Waals surface area contributed by atoms with Crippen LogP contribution in [0.3, 0.4) is 0 Å². The summed E-state index contributed by atoms with van der Waals surface area (Å²) in [6.45, 7) is 1.38. The van der Waals surface area contributed by atoms with Crippen molar-refractivity contribution >= 4 is 0 Å². The minimum absolute atomic E-state index is 0.000556. The summed E-state index contributed by atoms with van der Waals surface area (Å²) in [6.07, 6.45) is -2.85. The van der Waals surface area contributed by atoms with E-state index in [2.05, 4.69) is 9.72 Å². The number of aryl methyl sites for hydroxylation is 1. The maximum atomic E-state index is 12.9. The molecule has 1 aromatic rings. The van der Waals surface area contributed by atoms with Crippen molar-refractivity contribution in [1.82, 2.24) is 4.98 Å². The summed E-state index contributed by atoms with van der Waals surface area (Å²) in [5, 5.41) is 0. The molecule has 1 heterocycles. The zero-order valence-corrected chi connectivity index (χ0v) is 7.14. The molecule has 2 nitrogen and oxygen atoms in total. The van der Waals surface area contributed by atoms with Gasteiger partial charge in [-0.1, -0.05) is 0 Å². The minimum Gasteiger partial charge on any atom is -0.481 e. The predicted octanol–water partition coefficient (Wildman–Crippen LogP) is 2.48. The first-order valence-electron chi connectivity index (χ1n) is 3.55. The van der Waals surface area contributed by atoms with Crippen LogP contribution in [0.4, 0.5) is 13.2 Å². The van der Waals surface area contributed by atoms with E-state index < -0.39 is 17.9 Å². The van der Waals surface area contributed by atoms with Gasteiger partial charge in [-0.3, -0.25) is 0 Å². The fourth-order valence-electron chi connectivity index (χ4n) is 0.982. The van der Waals surface area contributed by atoms with Crippen LogP contribution in [0.2, 0.25) is 0 Å². The molecule has 0 saturated carbocycles. The molecular weight excluding hydrogens is 183 g/mol. The van der Waals surface area contributed by atoms with E-state index in [-0.39, 0.29) is 11.4 Å². The highest BCUT2D eigenvalue weighted by Gasteiger charge is 2.18. The number of hydrogen-bond acceptors (Lipinski definition) is 2. The number of aromatic nitrogens is 1. The summed E-state index contributed by atoms with van der Waals surface area (Å²) < 4.78 is 41.9. The van der Waals surface area contributed by atoms with E-state index in [0.29, 0.717) is 0 Å². The van der Waals surface area contributed by atoms with Crippen LogP contribution in [0.15, 0.2) is 6.07 Å². The van der Waals surface area contributed by atoms with Gasteiger partial charge in [0, 0.05) is 6.07 Å². The second-order valence-electron chi connectivity index (χ2n) is 2.49. The molecule has 0 unspecified atom stereocenters. The topological polar surface area (TPSA) is 22.1 Å². The normalized spacial score (nSPS) is 10.6. The number of alkyl halides is 2. The fourth-order valence-corrected chi connectivity index (χ4v) is 0.982. The van der Waals surface area contributed by atoms with Crippen LogP contribution in [0.25, 0.3) is 0 Å². The lowest BCUT2D eigenvalue weighted by Gasteiger charge is -2.07. The van der Waals surface area contributed by atoms with Crippen LogP contribution >= 0.6 is 0 Å². The van der Waals surface area contributed by atoms with Crippen molar-refractivity contribution in [2.24, 2.45) is 0 Å². The number of halogens is 3. The third-order valence-corrected chi connectivity index (χ3v) is 1.62. The Bertz CT molecular complexity index is 291. The van der Waals surface area contributed by atoms with Crippen molar-refractivity contribution in [2.45, 2.75) is 13.3 Å². The first-order chi connectivity index (χ1) is 6.06. The third kappa shape index (κ3) is 1.91. The van der Waals surface area contributed by atoms with Crippen molar-refractivity contribution in [2.75, 3.05) is 7.11 Å². The highest BCUT2D eigenvalue weighted by molar-refractivity contribution is 5.29. The van der Waals surface area contributed by atoms with Crippen molar-refractivity contribution in [3.05, 3.63) is 23.1 Å². The molecule has 0 spiro atoms. The average molecular weight is 191 g/mol. The van der Waals surface area contributed by atoms with Crippen molar-refractivity contribution in [1.29, 1.82) is 0 Å². The SMILES string of the molecule is COc1cc(C)c(C(F)F)c(F)n1. The van der Waals surface area contributed by atoms with Gasteiger partial charge in [0.25, 0.3) is 6.43 Å². The van der Waals surface area contributed by atoms with Crippen LogP contribution in [0.5, 0.6) is 5.88 Å². The van der Waals surface area contributed by atoms with E-state index in [1.165, 1.54) is 20.1 Å². The van der Waals surface area contributed by atoms with Crippen LogP contribution < -0.4 is 4.74 Å². The molecule has 0 aliphatic rings. The zero-order valence-electron chi connectivity index (χ0n) is 7.14. The van der Waals surface area contributed by atoms with Crippen molar-refractivity contribution in [3.63, 3.8) is 0 Å². The molecule has 0 bridgehead atoms. The zero-order chi connectivity index (χ0) is 10.0. The minimum atomic E-state index is -2.85. The third-order valence-electron chi connectivity index (χ3n) is 1.62. The second kappa shape index (κ2) is 3.64. The predicted molar refractivity (Wildman–Crippen MR) is 40.4 cm³/mol. The lowest BCUT2D eigenvalue weighted by Crippen LogP contribution is -2.00. The summed E-state index contributed by atoms with van der Waals surface area (Å²) in [5.41, 5.74) is -0.528. The molecule has 0 radical (unpaired) electrons. The Labute approximate surface area is 73.4 Å². The molecule has 0 aromatic carbocycles. The number of ether oxygens (including phenoxy) is 1. The highest BCUT2D eigenvalue weighted by atomic mass is 19.3. The molecule has 1 aromatic heterocycles. The molecule has 0 amide bonds. The van der Waals surface area contributed by atoms with Gasteiger partial charge in [0.05, 0.1) is 12.7 Å². The Morgan fingerprint density at radius 1 is 1.46 bits per heavy atom. The molecule has 0 aliphatic carbocycles.